The molecule has 1 saturated heterocycles. The van der Waals surface area contributed by atoms with Gasteiger partial charge in [-0.1, -0.05) is 61.5 Å². The molecule has 5 rings (SSSR count). The Morgan fingerprint density at radius 2 is 1.35 bits per heavy atom. The number of aromatic nitrogens is 3. The van der Waals surface area contributed by atoms with Crippen molar-refractivity contribution >= 4 is 41.9 Å². The number of esters is 4. The predicted molar refractivity (Wildman–Crippen MR) is 175 cm³/mol. The van der Waals surface area contributed by atoms with Crippen LogP contribution in [0.5, 0.6) is 0 Å². The van der Waals surface area contributed by atoms with E-state index in [1.54, 1.807) is 66.7 Å². The molecule has 4 unspecified atom stereocenters. The molecule has 254 valence electrons. The van der Waals surface area contributed by atoms with Crippen molar-refractivity contribution in [3.8, 4) is 0 Å². The normalized spacial score (nSPS) is 18.2. The Labute approximate surface area is 284 Å². The lowest BCUT2D eigenvalue weighted by Gasteiger charge is -2.25. The third-order valence-electron chi connectivity index (χ3n) is 7.14. The third-order valence-corrected chi connectivity index (χ3v) is 7.43. The molecular weight excluding hydrogens is 656 g/mol. The van der Waals surface area contributed by atoms with Crippen molar-refractivity contribution in [1.29, 1.82) is 0 Å². The van der Waals surface area contributed by atoms with Crippen molar-refractivity contribution in [2.45, 2.75) is 37.9 Å². The molecule has 49 heavy (non-hydrogen) atoms. The third kappa shape index (κ3) is 8.82. The van der Waals surface area contributed by atoms with Crippen LogP contribution in [0.2, 0.25) is 0 Å². The lowest BCUT2D eigenvalue weighted by atomic mass is 10.1. The van der Waals surface area contributed by atoms with E-state index in [9.17, 15) is 24.0 Å². The molecule has 2 N–H and O–H groups in total. The Hall–Kier alpha value is -5.67. The predicted octanol–water partition coefficient (Wildman–Crippen LogP) is 3.87. The number of hydrogen-bond donors (Lipinski definition) is 2. The largest absolute Gasteiger partial charge is 0.464 e. The van der Waals surface area contributed by atoms with Crippen LogP contribution in [0.25, 0.3) is 0 Å². The monoisotopic (exact) mass is 688 g/mol. The van der Waals surface area contributed by atoms with E-state index in [-0.39, 0.29) is 40.4 Å². The molecule has 15 heteroatoms. The summed E-state index contributed by atoms with van der Waals surface area (Å²) in [6, 6.07) is 24.3. The minimum Gasteiger partial charge on any atom is -0.464 e. The highest BCUT2D eigenvalue weighted by atomic mass is 32.1. The zero-order chi connectivity index (χ0) is 34.8. The summed E-state index contributed by atoms with van der Waals surface area (Å²) >= 11 is 5.41. The molecule has 4 atom stereocenters. The van der Waals surface area contributed by atoms with Gasteiger partial charge in [0.1, 0.15) is 19.3 Å². The van der Waals surface area contributed by atoms with Gasteiger partial charge in [0.15, 0.2) is 23.2 Å². The second-order valence-corrected chi connectivity index (χ2v) is 11.0. The molecule has 0 spiro atoms. The number of nitrogens with zero attached hydrogens (tertiary/aromatic N) is 2. The maximum absolute atomic E-state index is 13.4. The highest BCUT2D eigenvalue weighted by Crippen LogP contribution is 2.35. The van der Waals surface area contributed by atoms with Gasteiger partial charge in [0.25, 0.3) is 5.56 Å². The number of hydrogen-bond acceptors (Lipinski definition) is 13. The van der Waals surface area contributed by atoms with Gasteiger partial charge < -0.3 is 29.0 Å². The van der Waals surface area contributed by atoms with E-state index < -0.39 is 60.6 Å². The number of aromatic amines is 1. The smallest absolute Gasteiger partial charge is 0.338 e. The van der Waals surface area contributed by atoms with Crippen LogP contribution in [0.15, 0.2) is 95.8 Å². The van der Waals surface area contributed by atoms with Gasteiger partial charge in [-0.25, -0.2) is 19.1 Å². The van der Waals surface area contributed by atoms with Crippen LogP contribution >= 0.6 is 12.2 Å². The van der Waals surface area contributed by atoms with Crippen LogP contribution in [0, 0.1) is 4.77 Å². The Kier molecular flexibility index (Phi) is 11.6. The summed E-state index contributed by atoms with van der Waals surface area (Å²) in [5.41, 5.74) is -0.112. The lowest BCUT2D eigenvalue weighted by Crippen LogP contribution is -2.42. The summed E-state index contributed by atoms with van der Waals surface area (Å²) in [6.45, 7) is 1.20. The van der Waals surface area contributed by atoms with E-state index >= 15 is 0 Å². The number of nitrogens with one attached hydrogen (secondary N) is 2. The van der Waals surface area contributed by atoms with Crippen molar-refractivity contribution in [2.75, 3.05) is 25.1 Å². The van der Waals surface area contributed by atoms with E-state index in [0.29, 0.717) is 6.42 Å². The topological polar surface area (TPSA) is 177 Å². The molecule has 3 aromatic carbocycles. The van der Waals surface area contributed by atoms with Crippen LogP contribution in [-0.2, 0) is 28.5 Å². The molecule has 0 radical (unpaired) electrons. The first kappa shape index (κ1) is 34.7. The van der Waals surface area contributed by atoms with Crippen LogP contribution in [0.4, 0.5) is 5.82 Å². The van der Waals surface area contributed by atoms with Crippen LogP contribution in [-0.4, -0.2) is 76.7 Å². The highest BCUT2D eigenvalue weighted by molar-refractivity contribution is 7.71. The number of benzene rings is 3. The van der Waals surface area contributed by atoms with Gasteiger partial charge in [0.05, 0.1) is 23.3 Å². The average molecular weight is 689 g/mol. The standard InChI is InChI=1S/C34H32N4O10S/c1-2-18-44-25(39)19-35-28-29(40)36-34(49)38(37-28)30-27(48-33(43)23-16-10-5-11-17-23)26(47-32(42)22-14-8-4-9-15-22)24(46-30)20-45-31(41)21-12-6-3-7-13-21/h3-17,24,26-27,30H,2,18-20H2,1H3,(H,35,37)(H,36,40,49). The van der Waals surface area contributed by atoms with Crippen molar-refractivity contribution < 1.29 is 42.9 Å². The van der Waals surface area contributed by atoms with Gasteiger partial charge in [0.2, 0.25) is 5.82 Å². The first-order valence-electron chi connectivity index (χ1n) is 15.3. The highest BCUT2D eigenvalue weighted by Gasteiger charge is 2.52. The first-order valence-corrected chi connectivity index (χ1v) is 15.7. The number of carbonyl (C=O) groups excluding carboxylic acids is 4. The van der Waals surface area contributed by atoms with Gasteiger partial charge in [0, 0.05) is 0 Å². The van der Waals surface area contributed by atoms with E-state index in [0.717, 1.165) is 4.68 Å². The molecular formula is C34H32N4O10S. The fraction of sp³-hybridized carbons (Fsp3) is 0.265. The molecule has 0 amide bonds. The molecule has 0 bridgehead atoms. The van der Waals surface area contributed by atoms with Gasteiger partial charge >= 0.3 is 23.9 Å². The summed E-state index contributed by atoms with van der Waals surface area (Å²) < 4.78 is 29.5. The van der Waals surface area contributed by atoms with Crippen molar-refractivity contribution in [3.63, 3.8) is 0 Å². The fourth-order valence-corrected chi connectivity index (χ4v) is 5.01. The number of rotatable bonds is 13. The molecule has 14 nitrogen and oxygen atoms in total. The summed E-state index contributed by atoms with van der Waals surface area (Å²) in [7, 11) is 0. The number of ether oxygens (including phenoxy) is 5. The van der Waals surface area contributed by atoms with E-state index in [1.165, 1.54) is 24.3 Å². The Balaban J connectivity index is 1.51. The SMILES string of the molecule is CCCOC(=O)CNc1nn(C2OC(COC(=O)c3ccccc3)C(OC(=O)c3ccccc3)C2OC(=O)c2ccccc2)c(=S)[nH]c1=O. The zero-order valence-electron chi connectivity index (χ0n) is 26.2. The molecule has 1 aromatic heterocycles. The minimum atomic E-state index is -1.44. The molecule has 1 aliphatic heterocycles. The van der Waals surface area contributed by atoms with E-state index in [1.807, 2.05) is 6.92 Å². The van der Waals surface area contributed by atoms with Gasteiger partial charge in [-0.15, -0.1) is 5.10 Å². The Morgan fingerprint density at radius 3 is 1.90 bits per heavy atom. The molecule has 1 aliphatic rings. The quantitative estimate of drug-likeness (QED) is 0.118. The Bertz CT molecular complexity index is 1890. The van der Waals surface area contributed by atoms with Crippen molar-refractivity contribution in [1.82, 2.24) is 14.8 Å². The van der Waals surface area contributed by atoms with E-state index in [4.69, 9.17) is 35.9 Å². The second kappa shape index (κ2) is 16.4. The molecule has 0 aliphatic carbocycles. The number of H-pyrrole nitrogens is 1. The number of anilines is 1. The van der Waals surface area contributed by atoms with Gasteiger partial charge in [-0.05, 0) is 55.0 Å². The minimum absolute atomic E-state index is 0.180. The number of carbonyl (C=O) groups is 4. The zero-order valence-corrected chi connectivity index (χ0v) is 27.0. The molecule has 1 fully saturated rings. The van der Waals surface area contributed by atoms with Crippen molar-refractivity contribution in [3.05, 3.63) is 123 Å². The summed E-state index contributed by atoms with van der Waals surface area (Å²) in [4.78, 5) is 67.0. The molecule has 0 saturated carbocycles. The van der Waals surface area contributed by atoms with E-state index in [2.05, 4.69) is 15.4 Å². The van der Waals surface area contributed by atoms with Gasteiger partial charge in [-0.2, -0.15) is 0 Å². The average Bonchev–Trinajstić information content (AvgIpc) is 3.45. The van der Waals surface area contributed by atoms with Crippen LogP contribution in [0.1, 0.15) is 50.6 Å². The summed E-state index contributed by atoms with van der Waals surface area (Å²) in [5, 5.41) is 6.88. The molecule has 2 heterocycles. The Morgan fingerprint density at radius 1 is 0.816 bits per heavy atom. The maximum atomic E-state index is 13.4. The molecule has 4 aromatic rings. The fourth-order valence-electron chi connectivity index (χ4n) is 4.78. The summed E-state index contributed by atoms with van der Waals surface area (Å²) in [6.07, 6.45) is -4.83. The maximum Gasteiger partial charge on any atom is 0.338 e. The summed E-state index contributed by atoms with van der Waals surface area (Å²) in [5.74, 6) is -3.21. The van der Waals surface area contributed by atoms with Gasteiger partial charge in [-0.3, -0.25) is 14.6 Å². The van der Waals surface area contributed by atoms with Crippen molar-refractivity contribution in [2.24, 2.45) is 0 Å². The lowest BCUT2D eigenvalue weighted by molar-refractivity contribution is -0.141. The van der Waals surface area contributed by atoms with Crippen LogP contribution < -0.4 is 10.9 Å². The second-order valence-electron chi connectivity index (χ2n) is 10.6. The first-order chi connectivity index (χ1) is 23.7. The van der Waals surface area contributed by atoms with Crippen LogP contribution in [0.3, 0.4) is 0 Å².